The average molecular weight is 310 g/mol. The van der Waals surface area contributed by atoms with Gasteiger partial charge in [0.05, 0.1) is 0 Å². The van der Waals surface area contributed by atoms with Gasteiger partial charge in [0.15, 0.2) is 0 Å². The first kappa shape index (κ1) is 14.0. The monoisotopic (exact) mass is 309 g/mol. The van der Waals surface area contributed by atoms with Crippen LogP contribution >= 0.6 is 23.2 Å². The summed E-state index contributed by atoms with van der Waals surface area (Å²) < 4.78 is 0. The fraction of sp³-hybridized carbons (Fsp3) is 0.438. The molecule has 0 spiro atoms. The molecule has 1 amide bonds. The molecule has 2 nitrogen and oxygen atoms in total. The summed E-state index contributed by atoms with van der Waals surface area (Å²) in [7, 11) is 0. The van der Waals surface area contributed by atoms with Gasteiger partial charge in [0.25, 0.3) is 0 Å². The molecule has 3 atom stereocenters. The second-order valence-electron chi connectivity index (χ2n) is 5.79. The first-order valence-electron chi connectivity index (χ1n) is 7.05. The third-order valence-electron chi connectivity index (χ3n) is 4.44. The highest BCUT2D eigenvalue weighted by molar-refractivity contribution is 6.35. The van der Waals surface area contributed by atoms with Crippen molar-refractivity contribution in [3.8, 4) is 0 Å². The molecule has 20 heavy (non-hydrogen) atoms. The van der Waals surface area contributed by atoms with E-state index in [1.807, 2.05) is 6.07 Å². The maximum Gasteiger partial charge on any atom is 0.244 e. The third kappa shape index (κ3) is 3.02. The Morgan fingerprint density at radius 2 is 2.10 bits per heavy atom. The lowest BCUT2D eigenvalue weighted by molar-refractivity contribution is -0.117. The Morgan fingerprint density at radius 1 is 1.25 bits per heavy atom. The van der Waals surface area contributed by atoms with Crippen molar-refractivity contribution in [3.05, 3.63) is 39.9 Å². The Kier molecular flexibility index (Phi) is 4.04. The fourth-order valence-corrected chi connectivity index (χ4v) is 3.93. The van der Waals surface area contributed by atoms with Gasteiger partial charge in [0.2, 0.25) is 5.91 Å². The number of carbonyl (C=O) groups excluding carboxylic acids is 1. The fourth-order valence-electron chi connectivity index (χ4n) is 3.45. The van der Waals surface area contributed by atoms with E-state index < -0.39 is 0 Å². The van der Waals surface area contributed by atoms with E-state index in [-0.39, 0.29) is 5.91 Å². The highest BCUT2D eigenvalue weighted by Gasteiger charge is 2.39. The lowest BCUT2D eigenvalue weighted by Crippen LogP contribution is -2.37. The van der Waals surface area contributed by atoms with Crippen molar-refractivity contribution in [2.24, 2.45) is 11.8 Å². The summed E-state index contributed by atoms with van der Waals surface area (Å²) in [6, 6.07) is 5.62. The lowest BCUT2D eigenvalue weighted by atomic mass is 9.95. The summed E-state index contributed by atoms with van der Waals surface area (Å²) in [6.45, 7) is 0. The average Bonchev–Trinajstić information content (AvgIpc) is 3.00. The van der Waals surface area contributed by atoms with Crippen LogP contribution in [0, 0.1) is 11.8 Å². The molecule has 2 bridgehead atoms. The molecule has 2 fully saturated rings. The van der Waals surface area contributed by atoms with Crippen LogP contribution < -0.4 is 5.32 Å². The number of benzene rings is 1. The molecule has 2 saturated carbocycles. The van der Waals surface area contributed by atoms with Gasteiger partial charge in [-0.2, -0.15) is 0 Å². The number of nitrogens with one attached hydrogen (secondary N) is 1. The molecule has 1 aromatic rings. The molecule has 0 aliphatic heterocycles. The summed E-state index contributed by atoms with van der Waals surface area (Å²) in [5, 5.41) is 4.27. The SMILES string of the molecule is O=C(/C=C/c1ccc(Cl)cc1Cl)N[C@H]1C[C@@H]2CC[C@H]1C2. The van der Waals surface area contributed by atoms with Crippen LogP contribution in [0.5, 0.6) is 0 Å². The molecular weight excluding hydrogens is 293 g/mol. The molecule has 106 valence electrons. The molecular formula is C16H17Cl2NO. The van der Waals surface area contributed by atoms with E-state index in [9.17, 15) is 4.79 Å². The lowest BCUT2D eigenvalue weighted by Gasteiger charge is -2.22. The third-order valence-corrected chi connectivity index (χ3v) is 5.00. The first-order valence-corrected chi connectivity index (χ1v) is 7.81. The van der Waals surface area contributed by atoms with Crippen LogP contribution in [-0.2, 0) is 4.79 Å². The summed E-state index contributed by atoms with van der Waals surface area (Å²) in [5.41, 5.74) is 0.805. The van der Waals surface area contributed by atoms with E-state index in [2.05, 4.69) is 5.32 Å². The highest BCUT2D eigenvalue weighted by Crippen LogP contribution is 2.44. The van der Waals surface area contributed by atoms with Gasteiger partial charge >= 0.3 is 0 Å². The van der Waals surface area contributed by atoms with Gasteiger partial charge < -0.3 is 5.32 Å². The number of fused-ring (bicyclic) bond motifs is 2. The van der Waals surface area contributed by atoms with Gasteiger partial charge in [0.1, 0.15) is 0 Å². The second-order valence-corrected chi connectivity index (χ2v) is 6.63. The van der Waals surface area contributed by atoms with Crippen LogP contribution in [0.25, 0.3) is 6.08 Å². The van der Waals surface area contributed by atoms with Crippen LogP contribution in [0.1, 0.15) is 31.2 Å². The van der Waals surface area contributed by atoms with E-state index >= 15 is 0 Å². The van der Waals surface area contributed by atoms with Crippen molar-refractivity contribution in [2.75, 3.05) is 0 Å². The molecule has 0 unspecified atom stereocenters. The van der Waals surface area contributed by atoms with E-state index in [0.29, 0.717) is 22.0 Å². The summed E-state index contributed by atoms with van der Waals surface area (Å²) in [4.78, 5) is 12.0. The molecule has 4 heteroatoms. The largest absolute Gasteiger partial charge is 0.350 e. The number of rotatable bonds is 3. The van der Waals surface area contributed by atoms with Crippen LogP contribution in [0.3, 0.4) is 0 Å². The minimum absolute atomic E-state index is 0.0337. The Labute approximate surface area is 129 Å². The zero-order valence-corrected chi connectivity index (χ0v) is 12.6. The molecule has 0 aromatic heterocycles. The Morgan fingerprint density at radius 3 is 2.75 bits per heavy atom. The topological polar surface area (TPSA) is 29.1 Å². The number of hydrogen-bond acceptors (Lipinski definition) is 1. The van der Waals surface area contributed by atoms with Gasteiger partial charge in [-0.3, -0.25) is 4.79 Å². The minimum atomic E-state index is -0.0337. The quantitative estimate of drug-likeness (QED) is 0.828. The summed E-state index contributed by atoms with van der Waals surface area (Å²) in [6.07, 6.45) is 8.33. The predicted molar refractivity (Wildman–Crippen MR) is 82.9 cm³/mol. The van der Waals surface area contributed by atoms with Crippen molar-refractivity contribution < 1.29 is 4.79 Å². The maximum atomic E-state index is 12.0. The number of carbonyl (C=O) groups is 1. The standard InChI is InChI=1S/C16H17Cl2NO/c17-13-5-3-11(14(18)9-13)4-6-16(20)19-15-8-10-1-2-12(15)7-10/h3-6,9-10,12,15H,1-2,7-8H2,(H,19,20)/b6-4+/t10-,12+,15+/m1/s1. The molecule has 2 aliphatic rings. The zero-order valence-electron chi connectivity index (χ0n) is 11.1. The van der Waals surface area contributed by atoms with Crippen LogP contribution in [0.15, 0.2) is 24.3 Å². The molecule has 2 aliphatic carbocycles. The number of amides is 1. The minimum Gasteiger partial charge on any atom is -0.350 e. The van der Waals surface area contributed by atoms with Crippen molar-refractivity contribution in [3.63, 3.8) is 0 Å². The van der Waals surface area contributed by atoms with Crippen LogP contribution in [-0.4, -0.2) is 11.9 Å². The number of halogens is 2. The first-order chi connectivity index (χ1) is 9.61. The normalized spacial score (nSPS) is 28.2. The Balaban J connectivity index is 1.59. The van der Waals surface area contributed by atoms with E-state index in [4.69, 9.17) is 23.2 Å². The van der Waals surface area contributed by atoms with Gasteiger partial charge in [-0.15, -0.1) is 0 Å². The van der Waals surface area contributed by atoms with Crippen LogP contribution in [0.4, 0.5) is 0 Å². The van der Waals surface area contributed by atoms with Crippen molar-refractivity contribution in [1.82, 2.24) is 5.32 Å². The molecule has 0 saturated heterocycles. The molecule has 1 aromatic carbocycles. The Bertz CT molecular complexity index is 555. The van der Waals surface area contributed by atoms with E-state index in [1.165, 1.54) is 19.3 Å². The smallest absolute Gasteiger partial charge is 0.244 e. The maximum absolute atomic E-state index is 12.0. The van der Waals surface area contributed by atoms with Gasteiger partial charge in [-0.1, -0.05) is 35.7 Å². The molecule has 3 rings (SSSR count). The highest BCUT2D eigenvalue weighted by atomic mass is 35.5. The predicted octanol–water partition coefficient (Wildman–Crippen LogP) is 4.31. The van der Waals surface area contributed by atoms with E-state index in [0.717, 1.165) is 17.9 Å². The van der Waals surface area contributed by atoms with Crippen LogP contribution in [0.2, 0.25) is 10.0 Å². The second kappa shape index (κ2) is 5.79. The van der Waals surface area contributed by atoms with Gasteiger partial charge in [0, 0.05) is 22.2 Å². The van der Waals surface area contributed by atoms with Gasteiger partial charge in [-0.25, -0.2) is 0 Å². The molecule has 0 radical (unpaired) electrons. The van der Waals surface area contributed by atoms with Gasteiger partial charge in [-0.05, 0) is 54.9 Å². The zero-order chi connectivity index (χ0) is 14.1. The van der Waals surface area contributed by atoms with Crippen molar-refractivity contribution >= 4 is 35.2 Å². The molecule has 0 heterocycles. The number of hydrogen-bond donors (Lipinski definition) is 1. The Hall–Kier alpha value is -0.990. The summed E-state index contributed by atoms with van der Waals surface area (Å²) >= 11 is 11.9. The van der Waals surface area contributed by atoms with Crippen molar-refractivity contribution in [1.29, 1.82) is 0 Å². The van der Waals surface area contributed by atoms with Crippen molar-refractivity contribution in [2.45, 2.75) is 31.7 Å². The van der Waals surface area contributed by atoms with E-state index in [1.54, 1.807) is 24.3 Å². The summed E-state index contributed by atoms with van der Waals surface area (Å²) in [5.74, 6) is 1.49. The molecule has 1 N–H and O–H groups in total.